The van der Waals surface area contributed by atoms with Crippen LogP contribution < -0.4 is 16.8 Å². The summed E-state index contributed by atoms with van der Waals surface area (Å²) >= 11 is 0. The fourth-order valence-electron chi connectivity index (χ4n) is 1.82. The third-order valence-corrected chi connectivity index (χ3v) is 2.88. The van der Waals surface area contributed by atoms with Gasteiger partial charge in [-0.2, -0.15) is 5.26 Å². The molecule has 1 heterocycles. The molecule has 7 heteroatoms. The Morgan fingerprint density at radius 3 is 2.77 bits per heavy atom. The van der Waals surface area contributed by atoms with Gasteiger partial charge in [-0.05, 0) is 25.1 Å². The Morgan fingerprint density at radius 2 is 2.14 bits per heavy atom. The van der Waals surface area contributed by atoms with Crippen molar-refractivity contribution < 1.29 is 9.53 Å². The number of pyridine rings is 1. The van der Waals surface area contributed by atoms with E-state index in [9.17, 15) is 4.79 Å². The van der Waals surface area contributed by atoms with Crippen LogP contribution in [0.15, 0.2) is 30.3 Å². The van der Waals surface area contributed by atoms with Crippen LogP contribution in [0.25, 0.3) is 0 Å². The number of nitriles is 1. The van der Waals surface area contributed by atoms with E-state index >= 15 is 0 Å². The van der Waals surface area contributed by atoms with Crippen LogP contribution in [0.5, 0.6) is 0 Å². The monoisotopic (exact) mass is 297 g/mol. The molecule has 0 saturated carbocycles. The first-order valence-corrected chi connectivity index (χ1v) is 6.56. The van der Waals surface area contributed by atoms with Crippen LogP contribution in [0, 0.1) is 11.3 Å². The van der Waals surface area contributed by atoms with E-state index in [1.807, 2.05) is 6.07 Å². The summed E-state index contributed by atoms with van der Waals surface area (Å²) in [7, 11) is 0. The summed E-state index contributed by atoms with van der Waals surface area (Å²) in [4.78, 5) is 16.1. The number of benzene rings is 1. The highest BCUT2D eigenvalue weighted by Crippen LogP contribution is 2.26. The molecule has 112 valence electrons. The van der Waals surface area contributed by atoms with Crippen LogP contribution in [-0.4, -0.2) is 17.6 Å². The molecule has 0 amide bonds. The van der Waals surface area contributed by atoms with Gasteiger partial charge in [-0.3, -0.25) is 0 Å². The van der Waals surface area contributed by atoms with Gasteiger partial charge in [0.2, 0.25) is 0 Å². The first kappa shape index (κ1) is 15.1. The molecular weight excluding hydrogens is 282 g/mol. The maximum Gasteiger partial charge on any atom is 0.341 e. The number of ether oxygens (including phenoxy) is 1. The maximum absolute atomic E-state index is 12.0. The first-order valence-electron chi connectivity index (χ1n) is 6.56. The molecule has 0 bridgehead atoms. The molecule has 0 saturated heterocycles. The predicted octanol–water partition coefficient (Wildman–Crippen LogP) is 2.04. The van der Waals surface area contributed by atoms with Gasteiger partial charge < -0.3 is 21.5 Å². The Labute approximate surface area is 127 Å². The number of nitrogens with zero attached hydrogens (tertiary/aromatic N) is 2. The smallest absolute Gasteiger partial charge is 0.341 e. The zero-order chi connectivity index (χ0) is 16.1. The molecule has 1 aromatic carbocycles. The Morgan fingerprint density at radius 1 is 1.41 bits per heavy atom. The van der Waals surface area contributed by atoms with E-state index in [0.29, 0.717) is 11.4 Å². The molecule has 0 aliphatic carbocycles. The highest BCUT2D eigenvalue weighted by atomic mass is 16.5. The fraction of sp³-hybridized carbons (Fsp3) is 0.133. The van der Waals surface area contributed by atoms with Crippen LogP contribution in [0.2, 0.25) is 0 Å². The number of carbonyl (C=O) groups is 1. The second-order valence-electron chi connectivity index (χ2n) is 4.36. The molecule has 22 heavy (non-hydrogen) atoms. The van der Waals surface area contributed by atoms with Gasteiger partial charge in [-0.1, -0.05) is 12.1 Å². The predicted molar refractivity (Wildman–Crippen MR) is 83.5 cm³/mol. The molecule has 0 aliphatic rings. The summed E-state index contributed by atoms with van der Waals surface area (Å²) < 4.78 is 4.98. The number of aromatic nitrogens is 1. The number of nitrogens with two attached hydrogens (primary N) is 2. The molecule has 2 aromatic rings. The average Bonchev–Trinajstić information content (AvgIpc) is 2.50. The highest BCUT2D eigenvalue weighted by molar-refractivity contribution is 5.97. The van der Waals surface area contributed by atoms with Crippen molar-refractivity contribution in [3.8, 4) is 6.07 Å². The van der Waals surface area contributed by atoms with Gasteiger partial charge in [-0.25, -0.2) is 9.78 Å². The zero-order valence-electron chi connectivity index (χ0n) is 12.0. The Kier molecular flexibility index (Phi) is 4.44. The topological polar surface area (TPSA) is 127 Å². The fourth-order valence-corrected chi connectivity index (χ4v) is 1.82. The minimum absolute atomic E-state index is 0.0209. The van der Waals surface area contributed by atoms with Gasteiger partial charge in [-0.15, -0.1) is 0 Å². The van der Waals surface area contributed by atoms with E-state index < -0.39 is 5.97 Å². The lowest BCUT2D eigenvalue weighted by atomic mass is 10.1. The third kappa shape index (κ3) is 3.07. The summed E-state index contributed by atoms with van der Waals surface area (Å²) in [5, 5.41) is 12.0. The minimum Gasteiger partial charge on any atom is -0.462 e. The molecule has 2 rings (SSSR count). The van der Waals surface area contributed by atoms with Crippen molar-refractivity contribution in [1.82, 2.24) is 4.98 Å². The number of nitrogens with one attached hydrogen (secondary N) is 1. The van der Waals surface area contributed by atoms with Crippen LogP contribution in [0.1, 0.15) is 22.8 Å². The van der Waals surface area contributed by atoms with Crippen molar-refractivity contribution in [1.29, 1.82) is 5.26 Å². The molecule has 1 aromatic heterocycles. The van der Waals surface area contributed by atoms with Gasteiger partial charge in [0.05, 0.1) is 23.5 Å². The molecule has 0 unspecified atom stereocenters. The standard InChI is InChI=1S/C15H15N5O2/c1-2-22-15(21)10-7-9(8-16)13(18)20-14(10)19-12-6-4-3-5-11(12)17/h3-7H,2,17H2,1H3,(H3,18,19,20). The maximum atomic E-state index is 12.0. The molecular formula is C15H15N5O2. The molecule has 0 fully saturated rings. The lowest BCUT2D eigenvalue weighted by molar-refractivity contribution is 0.0527. The lowest BCUT2D eigenvalue weighted by Crippen LogP contribution is -2.12. The van der Waals surface area contributed by atoms with Crippen molar-refractivity contribution in [2.24, 2.45) is 0 Å². The van der Waals surface area contributed by atoms with Crippen LogP contribution in [0.4, 0.5) is 23.0 Å². The normalized spacial score (nSPS) is 9.82. The molecule has 5 N–H and O–H groups in total. The largest absolute Gasteiger partial charge is 0.462 e. The van der Waals surface area contributed by atoms with Gasteiger partial charge in [0.1, 0.15) is 23.3 Å². The summed E-state index contributed by atoms with van der Waals surface area (Å²) in [6.45, 7) is 1.90. The Bertz CT molecular complexity index is 752. The van der Waals surface area contributed by atoms with Gasteiger partial charge in [0.15, 0.2) is 0 Å². The molecule has 0 atom stereocenters. The molecule has 7 nitrogen and oxygen atoms in total. The third-order valence-electron chi connectivity index (χ3n) is 2.88. The van der Waals surface area contributed by atoms with Gasteiger partial charge in [0, 0.05) is 0 Å². The van der Waals surface area contributed by atoms with Gasteiger partial charge >= 0.3 is 5.97 Å². The Balaban J connectivity index is 2.49. The number of hydrogen-bond donors (Lipinski definition) is 3. The van der Waals surface area contributed by atoms with Gasteiger partial charge in [0.25, 0.3) is 0 Å². The van der Waals surface area contributed by atoms with E-state index in [1.54, 1.807) is 31.2 Å². The van der Waals surface area contributed by atoms with E-state index in [1.165, 1.54) is 6.07 Å². The lowest BCUT2D eigenvalue weighted by Gasteiger charge is -2.13. The van der Waals surface area contributed by atoms with Crippen molar-refractivity contribution >= 4 is 29.0 Å². The molecule has 0 aliphatic heterocycles. The molecule has 0 radical (unpaired) electrons. The van der Waals surface area contributed by atoms with Crippen LogP contribution in [0.3, 0.4) is 0 Å². The van der Waals surface area contributed by atoms with E-state index in [-0.39, 0.29) is 29.4 Å². The van der Waals surface area contributed by atoms with Crippen molar-refractivity contribution in [3.05, 3.63) is 41.5 Å². The van der Waals surface area contributed by atoms with Crippen LogP contribution >= 0.6 is 0 Å². The molecule has 0 spiro atoms. The minimum atomic E-state index is -0.594. The Hall–Kier alpha value is -3.27. The highest BCUT2D eigenvalue weighted by Gasteiger charge is 2.18. The number of esters is 1. The van der Waals surface area contributed by atoms with Crippen LogP contribution in [-0.2, 0) is 4.74 Å². The average molecular weight is 297 g/mol. The number of para-hydroxylation sites is 2. The number of nitrogen functional groups attached to an aromatic ring is 2. The van der Waals surface area contributed by atoms with Crippen molar-refractivity contribution in [2.75, 3.05) is 23.4 Å². The first-order chi connectivity index (χ1) is 10.6. The quantitative estimate of drug-likeness (QED) is 0.582. The summed E-state index contributed by atoms with van der Waals surface area (Å²) in [6, 6.07) is 10.3. The SMILES string of the molecule is CCOC(=O)c1cc(C#N)c(N)nc1Nc1ccccc1N. The summed E-state index contributed by atoms with van der Waals surface area (Å²) in [6.07, 6.45) is 0. The number of carbonyl (C=O) groups excluding carboxylic acids is 1. The number of rotatable bonds is 4. The van der Waals surface area contributed by atoms with E-state index in [4.69, 9.17) is 21.5 Å². The number of anilines is 4. The number of hydrogen-bond acceptors (Lipinski definition) is 7. The van der Waals surface area contributed by atoms with Crippen molar-refractivity contribution in [2.45, 2.75) is 6.92 Å². The summed E-state index contributed by atoms with van der Waals surface area (Å²) in [5.41, 5.74) is 12.9. The van der Waals surface area contributed by atoms with Crippen molar-refractivity contribution in [3.63, 3.8) is 0 Å². The second kappa shape index (κ2) is 6.45. The zero-order valence-corrected chi connectivity index (χ0v) is 12.0. The van der Waals surface area contributed by atoms with E-state index in [2.05, 4.69) is 10.3 Å². The second-order valence-corrected chi connectivity index (χ2v) is 4.36. The van der Waals surface area contributed by atoms with E-state index in [0.717, 1.165) is 0 Å². The summed E-state index contributed by atoms with van der Waals surface area (Å²) in [5.74, 6) is -0.385.